The maximum absolute atomic E-state index is 13.7. The Morgan fingerprint density at radius 1 is 1.11 bits per heavy atom. The van der Waals surface area contributed by atoms with Gasteiger partial charge >= 0.3 is 0 Å². The lowest BCUT2D eigenvalue weighted by atomic mass is 9.68. The van der Waals surface area contributed by atoms with Gasteiger partial charge in [0.2, 0.25) is 0 Å². The number of nitrogens with two attached hydrogens (primary N) is 1. The van der Waals surface area contributed by atoms with Crippen molar-refractivity contribution in [2.24, 2.45) is 11.1 Å². The van der Waals surface area contributed by atoms with E-state index in [0.29, 0.717) is 41.1 Å². The largest absolute Gasteiger partial charge is 0.497 e. The number of anilines is 1. The summed E-state index contributed by atoms with van der Waals surface area (Å²) < 4.78 is 5.31. The standard InChI is InChI=1S/C28H28N4O2S/c1-28(2)12-21-25(22(33)13-28)24(16-8-10-17(34-3)11-9-16)20(15-30)26(31)32(21)27-19(14-29)18-6-4-5-7-23(18)35-27/h8-11,24H,4-7,12-13,31H2,1-3H3. The van der Waals surface area contributed by atoms with Gasteiger partial charge in [0.15, 0.2) is 5.78 Å². The first kappa shape index (κ1) is 23.2. The smallest absolute Gasteiger partial charge is 0.162 e. The molecule has 6 nitrogen and oxygen atoms in total. The van der Waals surface area contributed by atoms with Crippen LogP contribution in [0.4, 0.5) is 5.00 Å². The lowest BCUT2D eigenvalue weighted by molar-refractivity contribution is -0.118. The highest BCUT2D eigenvalue weighted by Crippen LogP contribution is 2.52. The van der Waals surface area contributed by atoms with E-state index >= 15 is 0 Å². The monoisotopic (exact) mass is 484 g/mol. The number of methoxy groups -OCH3 is 1. The van der Waals surface area contributed by atoms with Gasteiger partial charge in [0, 0.05) is 22.6 Å². The summed E-state index contributed by atoms with van der Waals surface area (Å²) in [7, 11) is 1.60. The molecule has 7 heteroatoms. The zero-order valence-corrected chi connectivity index (χ0v) is 21.1. The molecule has 2 N–H and O–H groups in total. The molecular formula is C28H28N4O2S. The number of nitrogens with zero attached hydrogens (tertiary/aromatic N) is 3. The fourth-order valence-corrected chi connectivity index (χ4v) is 7.07. The predicted molar refractivity (Wildman–Crippen MR) is 136 cm³/mol. The van der Waals surface area contributed by atoms with Crippen LogP contribution in [0.1, 0.15) is 67.0 Å². The van der Waals surface area contributed by atoms with E-state index in [1.807, 2.05) is 29.2 Å². The van der Waals surface area contributed by atoms with Gasteiger partial charge in [-0.25, -0.2) is 0 Å². The molecule has 0 spiro atoms. The fourth-order valence-electron chi connectivity index (χ4n) is 5.69. The Balaban J connectivity index is 1.77. The number of thiophene rings is 1. The Morgan fingerprint density at radius 3 is 2.49 bits per heavy atom. The van der Waals surface area contributed by atoms with Gasteiger partial charge in [-0.05, 0) is 60.8 Å². The molecule has 0 saturated heterocycles. The van der Waals surface area contributed by atoms with E-state index in [2.05, 4.69) is 26.0 Å². The minimum absolute atomic E-state index is 0.0298. The first-order valence-corrected chi connectivity index (χ1v) is 12.8. The number of carbonyl (C=O) groups is 1. The number of ketones is 1. The van der Waals surface area contributed by atoms with Crippen LogP contribution >= 0.6 is 11.3 Å². The molecule has 35 heavy (non-hydrogen) atoms. The molecule has 1 atom stereocenters. The van der Waals surface area contributed by atoms with E-state index in [0.717, 1.165) is 47.5 Å². The number of hydrogen-bond donors (Lipinski definition) is 1. The third-order valence-electron chi connectivity index (χ3n) is 7.30. The van der Waals surface area contributed by atoms with Gasteiger partial charge in [-0.1, -0.05) is 26.0 Å². The molecule has 1 aromatic carbocycles. The minimum Gasteiger partial charge on any atom is -0.497 e. The highest BCUT2D eigenvalue weighted by atomic mass is 32.1. The van der Waals surface area contributed by atoms with Gasteiger partial charge in [-0.15, -0.1) is 11.3 Å². The summed E-state index contributed by atoms with van der Waals surface area (Å²) in [5, 5.41) is 21.2. The zero-order valence-electron chi connectivity index (χ0n) is 20.3. The third-order valence-corrected chi connectivity index (χ3v) is 8.57. The van der Waals surface area contributed by atoms with E-state index in [1.54, 1.807) is 18.4 Å². The molecule has 1 aliphatic heterocycles. The van der Waals surface area contributed by atoms with Gasteiger partial charge in [-0.2, -0.15) is 10.5 Å². The number of aryl methyl sites for hydroxylation is 1. The maximum Gasteiger partial charge on any atom is 0.162 e. The number of allylic oxidation sites excluding steroid dienone is 3. The number of fused-ring (bicyclic) bond motifs is 1. The van der Waals surface area contributed by atoms with Crippen molar-refractivity contribution in [2.75, 3.05) is 12.0 Å². The second-order valence-corrected chi connectivity index (χ2v) is 11.3. The molecule has 0 fully saturated rings. The normalized spacial score (nSPS) is 21.2. The Bertz CT molecular complexity index is 1370. The summed E-state index contributed by atoms with van der Waals surface area (Å²) in [5.74, 6) is 0.505. The molecule has 0 bridgehead atoms. The predicted octanol–water partition coefficient (Wildman–Crippen LogP) is 5.45. The van der Waals surface area contributed by atoms with E-state index in [-0.39, 0.29) is 11.2 Å². The van der Waals surface area contributed by atoms with Crippen molar-refractivity contribution in [1.82, 2.24) is 0 Å². The molecule has 1 unspecified atom stereocenters. The molecule has 0 saturated carbocycles. The van der Waals surface area contributed by atoms with Gasteiger partial charge in [0.1, 0.15) is 22.6 Å². The molecule has 2 aliphatic carbocycles. The third kappa shape index (κ3) is 3.72. The minimum atomic E-state index is -0.541. The zero-order chi connectivity index (χ0) is 24.9. The van der Waals surface area contributed by atoms with Crippen molar-refractivity contribution in [3.63, 3.8) is 0 Å². The average Bonchev–Trinajstić information content (AvgIpc) is 3.20. The summed E-state index contributed by atoms with van der Waals surface area (Å²) in [6.45, 7) is 4.17. The van der Waals surface area contributed by atoms with Gasteiger partial charge in [0.25, 0.3) is 0 Å². The summed E-state index contributed by atoms with van der Waals surface area (Å²) in [6.07, 6.45) is 5.02. The number of carbonyl (C=O) groups excluding carboxylic acids is 1. The second kappa shape index (κ2) is 8.59. The number of ether oxygens (including phenoxy) is 1. The molecular weight excluding hydrogens is 456 g/mol. The summed E-state index contributed by atoms with van der Waals surface area (Å²) in [4.78, 5) is 16.8. The SMILES string of the molecule is COc1ccc(C2C(C#N)=C(N)N(c3sc4c(c3C#N)CCCC4)C3=C2C(=O)CC(C)(C)C3)cc1. The van der Waals surface area contributed by atoms with Crippen LogP contribution in [0.15, 0.2) is 46.9 Å². The van der Waals surface area contributed by atoms with E-state index in [9.17, 15) is 15.3 Å². The van der Waals surface area contributed by atoms with Crippen LogP contribution in [0.3, 0.4) is 0 Å². The van der Waals surface area contributed by atoms with Crippen LogP contribution in [-0.2, 0) is 17.6 Å². The number of benzene rings is 1. The molecule has 0 amide bonds. The Labute approximate surface area is 209 Å². The first-order chi connectivity index (χ1) is 16.8. The maximum atomic E-state index is 13.7. The summed E-state index contributed by atoms with van der Waals surface area (Å²) >= 11 is 1.59. The van der Waals surface area contributed by atoms with Gasteiger partial charge < -0.3 is 10.5 Å². The van der Waals surface area contributed by atoms with E-state index in [1.165, 1.54) is 4.88 Å². The van der Waals surface area contributed by atoms with Crippen LogP contribution < -0.4 is 15.4 Å². The Kier molecular flexibility index (Phi) is 5.69. The van der Waals surface area contributed by atoms with Crippen molar-refractivity contribution in [1.29, 1.82) is 10.5 Å². The van der Waals surface area contributed by atoms with E-state index in [4.69, 9.17) is 10.5 Å². The van der Waals surface area contributed by atoms with Gasteiger partial charge in [0.05, 0.1) is 30.2 Å². The van der Waals surface area contributed by atoms with E-state index < -0.39 is 5.92 Å². The molecule has 1 aromatic heterocycles. The number of nitriles is 2. The van der Waals surface area contributed by atoms with Crippen molar-refractivity contribution in [3.8, 4) is 17.9 Å². The van der Waals surface area contributed by atoms with Crippen LogP contribution in [-0.4, -0.2) is 12.9 Å². The number of Topliss-reactive ketones (excluding diaryl/α,β-unsaturated/α-hetero) is 1. The lowest BCUT2D eigenvalue weighted by Crippen LogP contribution is -2.42. The van der Waals surface area contributed by atoms with Crippen molar-refractivity contribution in [2.45, 2.75) is 58.3 Å². The second-order valence-electron chi connectivity index (χ2n) is 10.3. The Morgan fingerprint density at radius 2 is 1.83 bits per heavy atom. The van der Waals surface area contributed by atoms with Gasteiger partial charge in [-0.3, -0.25) is 9.69 Å². The lowest BCUT2D eigenvalue weighted by Gasteiger charge is -2.43. The molecule has 3 aliphatic rings. The van der Waals surface area contributed by atoms with Crippen molar-refractivity contribution < 1.29 is 9.53 Å². The molecule has 178 valence electrons. The van der Waals surface area contributed by atoms with Crippen LogP contribution in [0.25, 0.3) is 0 Å². The first-order valence-electron chi connectivity index (χ1n) is 11.9. The topological polar surface area (TPSA) is 103 Å². The Hall–Kier alpha value is -3.55. The highest BCUT2D eigenvalue weighted by Gasteiger charge is 2.45. The van der Waals surface area contributed by atoms with Crippen molar-refractivity contribution in [3.05, 3.63) is 68.5 Å². The molecule has 5 rings (SSSR count). The van der Waals surface area contributed by atoms with Crippen LogP contribution in [0.2, 0.25) is 0 Å². The molecule has 2 aromatic rings. The summed E-state index contributed by atoms with van der Waals surface area (Å²) in [5.41, 5.74) is 10.9. The fraction of sp³-hybridized carbons (Fsp3) is 0.393. The molecule has 0 radical (unpaired) electrons. The number of rotatable bonds is 3. The van der Waals surface area contributed by atoms with Crippen LogP contribution in [0, 0.1) is 28.1 Å². The molecule has 2 heterocycles. The highest BCUT2D eigenvalue weighted by molar-refractivity contribution is 7.16. The quantitative estimate of drug-likeness (QED) is 0.621. The average molecular weight is 485 g/mol. The van der Waals surface area contributed by atoms with Crippen LogP contribution in [0.5, 0.6) is 5.75 Å². The number of hydrogen-bond acceptors (Lipinski definition) is 7. The van der Waals surface area contributed by atoms with Crippen molar-refractivity contribution >= 4 is 22.1 Å². The summed E-state index contributed by atoms with van der Waals surface area (Å²) in [6, 6.07) is 12.2.